The number of rotatable bonds is 2. The molecule has 1 aliphatic heterocycles. The van der Waals surface area contributed by atoms with Crippen LogP contribution in [0.1, 0.15) is 16.1 Å². The van der Waals surface area contributed by atoms with Crippen molar-refractivity contribution < 1.29 is 23.9 Å². The van der Waals surface area contributed by atoms with Crippen LogP contribution >= 0.6 is 11.6 Å². The van der Waals surface area contributed by atoms with Crippen molar-refractivity contribution in [3.8, 4) is 22.8 Å². The number of hydrogen-bond donors (Lipinski definition) is 1. The van der Waals surface area contributed by atoms with Gasteiger partial charge >= 0.3 is 5.97 Å². The van der Waals surface area contributed by atoms with Gasteiger partial charge in [-0.05, 0) is 13.0 Å². The summed E-state index contributed by atoms with van der Waals surface area (Å²) in [6, 6.07) is 2.95. The first kappa shape index (κ1) is 11.9. The van der Waals surface area contributed by atoms with E-state index in [0.29, 0.717) is 27.6 Å². The molecule has 0 unspecified atom stereocenters. The molecule has 0 bridgehead atoms. The normalized spacial score (nSPS) is 12.7. The Kier molecular flexibility index (Phi) is 2.60. The second kappa shape index (κ2) is 4.17. The van der Waals surface area contributed by atoms with Gasteiger partial charge in [0.1, 0.15) is 0 Å². The van der Waals surface area contributed by atoms with Crippen molar-refractivity contribution in [1.29, 1.82) is 0 Å². The maximum Gasteiger partial charge on any atom is 0.358 e. The van der Waals surface area contributed by atoms with Gasteiger partial charge < -0.3 is 19.1 Å². The largest absolute Gasteiger partial charge is 0.476 e. The lowest BCUT2D eigenvalue weighted by atomic mass is 10.1. The number of ether oxygens (including phenoxy) is 2. The Morgan fingerprint density at radius 1 is 1.42 bits per heavy atom. The van der Waals surface area contributed by atoms with Gasteiger partial charge in [0.2, 0.25) is 6.79 Å². The molecule has 0 radical (unpaired) electrons. The Hall–Kier alpha value is -2.21. The second-order valence-electron chi connectivity index (χ2n) is 3.98. The molecule has 98 valence electrons. The zero-order chi connectivity index (χ0) is 13.6. The molecule has 0 amide bonds. The molecule has 3 rings (SSSR count). The highest BCUT2D eigenvalue weighted by Gasteiger charge is 2.24. The quantitative estimate of drug-likeness (QED) is 0.911. The Labute approximate surface area is 112 Å². The van der Waals surface area contributed by atoms with Crippen LogP contribution in [0, 0.1) is 6.92 Å². The topological polar surface area (TPSA) is 81.8 Å². The lowest BCUT2D eigenvalue weighted by Crippen LogP contribution is -1.94. The van der Waals surface area contributed by atoms with Gasteiger partial charge in [0.25, 0.3) is 0 Å². The van der Waals surface area contributed by atoms with E-state index in [1.54, 1.807) is 13.0 Å². The van der Waals surface area contributed by atoms with Crippen LogP contribution in [0.15, 0.2) is 16.7 Å². The highest BCUT2D eigenvalue weighted by molar-refractivity contribution is 6.34. The molecule has 0 saturated heterocycles. The van der Waals surface area contributed by atoms with Gasteiger partial charge in [-0.3, -0.25) is 0 Å². The van der Waals surface area contributed by atoms with Crippen molar-refractivity contribution in [1.82, 2.24) is 5.16 Å². The number of aromatic nitrogens is 1. The molecule has 1 aliphatic rings. The zero-order valence-electron chi connectivity index (χ0n) is 9.77. The third-order valence-corrected chi connectivity index (χ3v) is 3.31. The molecular weight excluding hydrogens is 274 g/mol. The predicted octanol–water partition coefficient (Wildman–Crippen LogP) is 2.73. The van der Waals surface area contributed by atoms with Crippen molar-refractivity contribution in [3.63, 3.8) is 0 Å². The number of halogens is 1. The first-order chi connectivity index (χ1) is 9.08. The molecule has 2 aromatic rings. The van der Waals surface area contributed by atoms with E-state index >= 15 is 0 Å². The van der Waals surface area contributed by atoms with E-state index in [1.807, 2.05) is 0 Å². The van der Waals surface area contributed by atoms with E-state index in [0.717, 1.165) is 0 Å². The highest BCUT2D eigenvalue weighted by Crippen LogP contribution is 2.44. The number of nitrogens with zero attached hydrogens (tertiary/aromatic N) is 1. The summed E-state index contributed by atoms with van der Waals surface area (Å²) in [6.07, 6.45) is 0. The standard InChI is InChI=1S/C12H8ClNO5/c1-5-10(13)6(2-9-11(5)18-4-17-9)8-3-7(12(15)16)14-19-8/h2-3H,4H2,1H3,(H,15,16). The number of hydrogen-bond acceptors (Lipinski definition) is 5. The van der Waals surface area contributed by atoms with E-state index < -0.39 is 5.97 Å². The first-order valence-electron chi connectivity index (χ1n) is 5.37. The molecule has 0 atom stereocenters. The summed E-state index contributed by atoms with van der Waals surface area (Å²) in [7, 11) is 0. The van der Waals surface area contributed by atoms with Crippen LogP contribution in [-0.2, 0) is 0 Å². The van der Waals surface area contributed by atoms with Crippen molar-refractivity contribution in [2.75, 3.05) is 6.79 Å². The minimum absolute atomic E-state index is 0.132. The lowest BCUT2D eigenvalue weighted by Gasteiger charge is -2.07. The molecule has 1 N–H and O–H groups in total. The number of carboxylic acids is 1. The molecule has 7 heteroatoms. The van der Waals surface area contributed by atoms with Crippen LogP contribution in [0.2, 0.25) is 5.02 Å². The molecule has 1 aromatic heterocycles. The van der Waals surface area contributed by atoms with Crippen molar-refractivity contribution in [2.45, 2.75) is 6.92 Å². The number of benzene rings is 1. The Morgan fingerprint density at radius 2 is 2.21 bits per heavy atom. The SMILES string of the molecule is Cc1c(Cl)c(-c2cc(C(=O)O)no2)cc2c1OCO2. The van der Waals surface area contributed by atoms with Crippen molar-refractivity contribution in [3.05, 3.63) is 28.4 Å². The summed E-state index contributed by atoms with van der Waals surface area (Å²) in [4.78, 5) is 10.8. The molecule has 0 fully saturated rings. The van der Waals surface area contributed by atoms with Gasteiger partial charge in [-0.1, -0.05) is 16.8 Å². The Bertz CT molecular complexity index is 679. The third kappa shape index (κ3) is 1.80. The zero-order valence-corrected chi connectivity index (χ0v) is 10.5. The fourth-order valence-electron chi connectivity index (χ4n) is 1.87. The first-order valence-corrected chi connectivity index (χ1v) is 5.75. The molecule has 0 aliphatic carbocycles. The fourth-order valence-corrected chi connectivity index (χ4v) is 2.10. The van der Waals surface area contributed by atoms with E-state index in [-0.39, 0.29) is 18.2 Å². The Balaban J connectivity index is 2.14. The maximum atomic E-state index is 10.8. The number of aromatic carboxylic acids is 1. The second-order valence-corrected chi connectivity index (χ2v) is 4.36. The van der Waals surface area contributed by atoms with Gasteiger partial charge in [0.05, 0.1) is 5.02 Å². The van der Waals surface area contributed by atoms with Gasteiger partial charge in [-0.2, -0.15) is 0 Å². The summed E-state index contributed by atoms with van der Waals surface area (Å²) in [5, 5.41) is 12.7. The third-order valence-electron chi connectivity index (χ3n) is 2.82. The summed E-state index contributed by atoms with van der Waals surface area (Å²) in [6.45, 7) is 1.92. The lowest BCUT2D eigenvalue weighted by molar-refractivity contribution is 0.0686. The number of carbonyl (C=O) groups is 1. The van der Waals surface area contributed by atoms with Crippen molar-refractivity contribution in [2.24, 2.45) is 0 Å². The van der Waals surface area contributed by atoms with Crippen LogP contribution < -0.4 is 9.47 Å². The maximum absolute atomic E-state index is 10.8. The summed E-state index contributed by atoms with van der Waals surface area (Å²) in [5.74, 6) is 0.240. The van der Waals surface area contributed by atoms with Crippen LogP contribution in [0.25, 0.3) is 11.3 Å². The van der Waals surface area contributed by atoms with Crippen LogP contribution in [0.3, 0.4) is 0 Å². The predicted molar refractivity (Wildman–Crippen MR) is 64.8 cm³/mol. The molecule has 0 spiro atoms. The highest BCUT2D eigenvalue weighted by atomic mass is 35.5. The van der Waals surface area contributed by atoms with Crippen molar-refractivity contribution >= 4 is 17.6 Å². The summed E-state index contributed by atoms with van der Waals surface area (Å²) >= 11 is 6.23. The van der Waals surface area contributed by atoms with Crippen LogP contribution in [-0.4, -0.2) is 23.0 Å². The summed E-state index contributed by atoms with van der Waals surface area (Å²) < 4.78 is 15.6. The Morgan fingerprint density at radius 3 is 2.89 bits per heavy atom. The smallest absolute Gasteiger partial charge is 0.358 e. The van der Waals surface area contributed by atoms with Gasteiger partial charge in [0, 0.05) is 17.2 Å². The van der Waals surface area contributed by atoms with E-state index in [1.165, 1.54) is 6.07 Å². The van der Waals surface area contributed by atoms with E-state index in [4.69, 9.17) is 30.7 Å². The van der Waals surface area contributed by atoms with Gasteiger partial charge in [0.15, 0.2) is 23.0 Å². The molecular formula is C12H8ClNO5. The minimum atomic E-state index is -1.16. The minimum Gasteiger partial charge on any atom is -0.476 e. The van der Waals surface area contributed by atoms with E-state index in [2.05, 4.69) is 5.16 Å². The molecule has 1 aromatic carbocycles. The molecule has 2 heterocycles. The van der Waals surface area contributed by atoms with Crippen LogP contribution in [0.5, 0.6) is 11.5 Å². The van der Waals surface area contributed by atoms with Crippen LogP contribution in [0.4, 0.5) is 0 Å². The summed E-state index contributed by atoms with van der Waals surface area (Å²) in [5.41, 5.74) is 1.05. The average molecular weight is 282 g/mol. The molecule has 19 heavy (non-hydrogen) atoms. The molecule has 0 saturated carbocycles. The number of carboxylic acid groups (broad SMARTS) is 1. The van der Waals surface area contributed by atoms with E-state index in [9.17, 15) is 4.79 Å². The van der Waals surface area contributed by atoms with Gasteiger partial charge in [-0.25, -0.2) is 4.79 Å². The van der Waals surface area contributed by atoms with Gasteiger partial charge in [-0.15, -0.1) is 0 Å². The monoisotopic (exact) mass is 281 g/mol. The molecule has 6 nitrogen and oxygen atoms in total. The average Bonchev–Trinajstić information content (AvgIpc) is 3.01. The fraction of sp³-hybridized carbons (Fsp3) is 0.167. The number of fused-ring (bicyclic) bond motifs is 1.